The van der Waals surface area contributed by atoms with Gasteiger partial charge in [0, 0.05) is 25.7 Å². The molecule has 2 rings (SSSR count). The van der Waals surface area contributed by atoms with Crippen molar-refractivity contribution in [3.8, 4) is 5.75 Å². The molecule has 0 aliphatic heterocycles. The van der Waals surface area contributed by atoms with Gasteiger partial charge in [0.25, 0.3) is 0 Å². The molecule has 1 amide bonds. The van der Waals surface area contributed by atoms with Crippen LogP contribution in [0.15, 0.2) is 29.3 Å². The fourth-order valence-electron chi connectivity index (χ4n) is 2.93. The summed E-state index contributed by atoms with van der Waals surface area (Å²) in [6.45, 7) is 0.0384. The smallest absolute Gasteiger partial charge is 0.405 e. The van der Waals surface area contributed by atoms with Crippen molar-refractivity contribution in [2.45, 2.75) is 51.1 Å². The van der Waals surface area contributed by atoms with Gasteiger partial charge in [-0.05, 0) is 18.9 Å². The van der Waals surface area contributed by atoms with Crippen LogP contribution in [-0.2, 0) is 11.3 Å². The minimum absolute atomic E-state index is 0. The van der Waals surface area contributed by atoms with Gasteiger partial charge in [-0.25, -0.2) is 4.99 Å². The van der Waals surface area contributed by atoms with Crippen LogP contribution in [0.4, 0.5) is 13.2 Å². The fraction of sp³-hybridized carbons (Fsp3) is 0.579. The summed E-state index contributed by atoms with van der Waals surface area (Å²) in [7, 11) is 3.31. The van der Waals surface area contributed by atoms with Gasteiger partial charge in [0.15, 0.2) is 5.96 Å². The Morgan fingerprint density at radius 2 is 1.86 bits per heavy atom. The maximum Gasteiger partial charge on any atom is 0.573 e. The number of nitrogens with one attached hydrogen (secondary N) is 2. The second-order valence-corrected chi connectivity index (χ2v) is 6.94. The number of ether oxygens (including phenoxy) is 1. The van der Waals surface area contributed by atoms with Crippen molar-refractivity contribution in [3.05, 3.63) is 29.8 Å². The number of alkyl halides is 3. The SMILES string of the molecule is CN(C)C(=O)CNC(=NCc1ccccc1OC(F)(F)F)NC1CCCCC1.I. The number of likely N-dealkylation sites (N-methyl/N-ethyl adjacent to an activating group) is 1. The zero-order valence-corrected chi connectivity index (χ0v) is 18.9. The molecule has 164 valence electrons. The number of aliphatic imine (C=N–C) groups is 1. The van der Waals surface area contributed by atoms with Crippen molar-refractivity contribution in [2.24, 2.45) is 4.99 Å². The summed E-state index contributed by atoms with van der Waals surface area (Å²) < 4.78 is 41.8. The molecule has 0 heterocycles. The Hall–Kier alpha value is -1.72. The first-order valence-electron chi connectivity index (χ1n) is 9.33. The van der Waals surface area contributed by atoms with E-state index in [-0.39, 0.29) is 54.8 Å². The van der Waals surface area contributed by atoms with Gasteiger partial charge in [-0.3, -0.25) is 4.79 Å². The van der Waals surface area contributed by atoms with Gasteiger partial charge < -0.3 is 20.3 Å². The molecule has 1 aromatic carbocycles. The largest absolute Gasteiger partial charge is 0.573 e. The Balaban J connectivity index is 0.00000420. The second-order valence-electron chi connectivity index (χ2n) is 6.94. The van der Waals surface area contributed by atoms with E-state index in [4.69, 9.17) is 0 Å². The van der Waals surface area contributed by atoms with E-state index in [2.05, 4.69) is 20.4 Å². The molecule has 0 saturated heterocycles. The molecule has 1 saturated carbocycles. The molecule has 0 unspecified atom stereocenters. The van der Waals surface area contributed by atoms with Crippen LogP contribution in [0.2, 0.25) is 0 Å². The number of nitrogens with zero attached hydrogens (tertiary/aromatic N) is 2. The lowest BCUT2D eigenvalue weighted by molar-refractivity contribution is -0.274. The molecule has 6 nitrogen and oxygen atoms in total. The first kappa shape index (κ1) is 25.3. The molecule has 2 N–H and O–H groups in total. The summed E-state index contributed by atoms with van der Waals surface area (Å²) in [5, 5.41) is 6.26. The van der Waals surface area contributed by atoms with Crippen LogP contribution >= 0.6 is 24.0 Å². The third-order valence-corrected chi connectivity index (χ3v) is 4.46. The number of halogens is 4. The van der Waals surface area contributed by atoms with Crippen molar-refractivity contribution >= 4 is 35.8 Å². The highest BCUT2D eigenvalue weighted by Gasteiger charge is 2.32. The normalized spacial score (nSPS) is 15.3. The molecule has 29 heavy (non-hydrogen) atoms. The number of hydrogen-bond acceptors (Lipinski definition) is 3. The Morgan fingerprint density at radius 1 is 1.21 bits per heavy atom. The third-order valence-electron chi connectivity index (χ3n) is 4.46. The van der Waals surface area contributed by atoms with Gasteiger partial charge in [-0.2, -0.15) is 0 Å². The number of para-hydroxylation sites is 1. The van der Waals surface area contributed by atoms with Gasteiger partial charge in [-0.15, -0.1) is 37.1 Å². The maximum atomic E-state index is 12.6. The van der Waals surface area contributed by atoms with Crippen LogP contribution in [0.5, 0.6) is 5.75 Å². The van der Waals surface area contributed by atoms with Gasteiger partial charge in [0.1, 0.15) is 5.75 Å². The van der Waals surface area contributed by atoms with Gasteiger partial charge in [0.2, 0.25) is 5.91 Å². The quantitative estimate of drug-likeness (QED) is 0.336. The summed E-state index contributed by atoms with van der Waals surface area (Å²) in [5.74, 6) is 0.00277. The molecule has 0 aromatic heterocycles. The predicted octanol–water partition coefficient (Wildman–Crippen LogP) is 3.66. The molecule has 0 spiro atoms. The molecular weight excluding hydrogens is 500 g/mol. The Labute approximate surface area is 186 Å². The van der Waals surface area contributed by atoms with Crippen LogP contribution in [0.25, 0.3) is 0 Å². The second kappa shape index (κ2) is 12.1. The zero-order chi connectivity index (χ0) is 20.6. The van der Waals surface area contributed by atoms with Crippen LogP contribution in [0, 0.1) is 0 Å². The molecule has 0 atom stereocenters. The predicted molar refractivity (Wildman–Crippen MR) is 116 cm³/mol. The fourth-order valence-corrected chi connectivity index (χ4v) is 2.93. The van der Waals surface area contributed by atoms with Gasteiger partial charge in [0.05, 0.1) is 13.1 Å². The van der Waals surface area contributed by atoms with Crippen LogP contribution in [-0.4, -0.2) is 49.8 Å². The van der Waals surface area contributed by atoms with Crippen molar-refractivity contribution in [3.63, 3.8) is 0 Å². The van der Waals surface area contributed by atoms with Gasteiger partial charge in [-0.1, -0.05) is 37.5 Å². The highest BCUT2D eigenvalue weighted by atomic mass is 127. The number of carbonyl (C=O) groups excluding carboxylic acids is 1. The minimum atomic E-state index is -4.76. The highest BCUT2D eigenvalue weighted by molar-refractivity contribution is 14.0. The van der Waals surface area contributed by atoms with E-state index in [9.17, 15) is 18.0 Å². The number of amides is 1. The van der Waals surface area contributed by atoms with Crippen LogP contribution in [0.1, 0.15) is 37.7 Å². The minimum Gasteiger partial charge on any atom is -0.405 e. The average molecular weight is 528 g/mol. The van der Waals surface area contributed by atoms with E-state index in [0.717, 1.165) is 25.7 Å². The first-order chi connectivity index (χ1) is 13.2. The van der Waals surface area contributed by atoms with Crippen LogP contribution in [0.3, 0.4) is 0 Å². The Bertz CT molecular complexity index is 678. The number of guanidine groups is 1. The van der Waals surface area contributed by atoms with Crippen molar-refractivity contribution in [2.75, 3.05) is 20.6 Å². The molecule has 0 radical (unpaired) electrons. The molecule has 1 fully saturated rings. The Morgan fingerprint density at radius 3 is 2.48 bits per heavy atom. The van der Waals surface area contributed by atoms with E-state index in [1.165, 1.54) is 29.5 Å². The summed E-state index contributed by atoms with van der Waals surface area (Å²) >= 11 is 0. The molecule has 1 aliphatic rings. The number of carbonyl (C=O) groups is 1. The van der Waals surface area contributed by atoms with E-state index in [1.54, 1.807) is 20.2 Å². The lowest BCUT2D eigenvalue weighted by Gasteiger charge is -2.25. The van der Waals surface area contributed by atoms with Gasteiger partial charge >= 0.3 is 6.36 Å². The zero-order valence-electron chi connectivity index (χ0n) is 16.6. The molecule has 1 aliphatic carbocycles. The van der Waals surface area contributed by atoms with E-state index in [0.29, 0.717) is 11.5 Å². The number of hydrogen-bond donors (Lipinski definition) is 2. The van der Waals surface area contributed by atoms with Crippen LogP contribution < -0.4 is 15.4 Å². The molecular formula is C19H28F3IN4O2. The molecule has 10 heteroatoms. The van der Waals surface area contributed by atoms with E-state index < -0.39 is 6.36 Å². The monoisotopic (exact) mass is 528 g/mol. The molecule has 0 bridgehead atoms. The number of rotatable bonds is 6. The van der Waals surface area contributed by atoms with E-state index >= 15 is 0 Å². The first-order valence-corrected chi connectivity index (χ1v) is 9.33. The highest BCUT2D eigenvalue weighted by Crippen LogP contribution is 2.26. The average Bonchev–Trinajstić information content (AvgIpc) is 2.64. The summed E-state index contributed by atoms with van der Waals surface area (Å²) in [6, 6.07) is 6.13. The standard InChI is InChI=1S/C19H27F3N4O2.HI/c1-26(2)17(27)13-24-18(25-15-9-4-3-5-10-15)23-12-14-8-6-7-11-16(14)28-19(20,21)22;/h6-8,11,15H,3-5,9-10,12-13H2,1-2H3,(H2,23,24,25);1H. The van der Waals surface area contributed by atoms with Crippen molar-refractivity contribution in [1.29, 1.82) is 0 Å². The van der Waals surface area contributed by atoms with E-state index in [1.807, 2.05) is 0 Å². The topological polar surface area (TPSA) is 66.0 Å². The number of benzene rings is 1. The third kappa shape index (κ3) is 9.55. The summed E-state index contributed by atoms with van der Waals surface area (Å²) in [6.07, 6.45) is 0.651. The maximum absolute atomic E-state index is 12.6. The molecule has 1 aromatic rings. The summed E-state index contributed by atoms with van der Waals surface area (Å²) in [4.78, 5) is 17.7. The van der Waals surface area contributed by atoms with Crippen molar-refractivity contribution in [1.82, 2.24) is 15.5 Å². The van der Waals surface area contributed by atoms with Crippen molar-refractivity contribution < 1.29 is 22.7 Å². The summed E-state index contributed by atoms with van der Waals surface area (Å²) in [5.41, 5.74) is 0.309. The Kier molecular flexibility index (Phi) is 10.5. The lowest BCUT2D eigenvalue weighted by Crippen LogP contribution is -2.47. The lowest BCUT2D eigenvalue weighted by atomic mass is 9.96.